The second kappa shape index (κ2) is 12.5. The van der Waals surface area contributed by atoms with Crippen LogP contribution in [0, 0.1) is 0 Å². The maximum atomic E-state index is 13.8. The van der Waals surface area contributed by atoms with Gasteiger partial charge < -0.3 is 20.1 Å². The zero-order chi connectivity index (χ0) is 28.9. The average molecular weight is 590 g/mol. The maximum absolute atomic E-state index is 13.8. The highest BCUT2D eigenvalue weighted by molar-refractivity contribution is 7.98. The number of benzene rings is 3. The van der Waals surface area contributed by atoms with Gasteiger partial charge >= 0.3 is 5.97 Å². The summed E-state index contributed by atoms with van der Waals surface area (Å²) < 4.78 is 12.1. The first-order chi connectivity index (χ1) is 19.9. The van der Waals surface area contributed by atoms with Crippen LogP contribution in [0.25, 0.3) is 0 Å². The van der Waals surface area contributed by atoms with Crippen molar-refractivity contribution < 1.29 is 19.1 Å². The van der Waals surface area contributed by atoms with Gasteiger partial charge in [0, 0.05) is 22.2 Å². The Kier molecular flexibility index (Phi) is 8.61. The van der Waals surface area contributed by atoms with Crippen LogP contribution in [-0.4, -0.2) is 40.4 Å². The van der Waals surface area contributed by atoms with Crippen molar-refractivity contribution in [3.8, 4) is 5.75 Å². The number of nitrogens with zero attached hydrogens (tertiary/aromatic N) is 3. The van der Waals surface area contributed by atoms with Gasteiger partial charge in [-0.05, 0) is 73.5 Å². The molecule has 11 heteroatoms. The van der Waals surface area contributed by atoms with E-state index in [1.54, 1.807) is 43.0 Å². The van der Waals surface area contributed by atoms with Crippen molar-refractivity contribution in [2.24, 2.45) is 0 Å². The summed E-state index contributed by atoms with van der Waals surface area (Å²) in [4.78, 5) is 30.5. The molecule has 0 radical (unpaired) electrons. The van der Waals surface area contributed by atoms with E-state index in [4.69, 9.17) is 31.2 Å². The summed E-state index contributed by atoms with van der Waals surface area (Å²) in [7, 11) is 1.61. The van der Waals surface area contributed by atoms with Crippen molar-refractivity contribution >= 4 is 46.9 Å². The first-order valence-electron chi connectivity index (χ1n) is 12.9. The zero-order valence-electron chi connectivity index (χ0n) is 22.7. The van der Waals surface area contributed by atoms with Crippen LogP contribution in [0.1, 0.15) is 41.4 Å². The number of carbonyl (C=O) groups is 2. The van der Waals surface area contributed by atoms with Crippen molar-refractivity contribution in [1.82, 2.24) is 14.8 Å². The molecule has 5 rings (SSSR count). The number of amides is 1. The average Bonchev–Trinajstić information content (AvgIpc) is 3.39. The minimum Gasteiger partial charge on any atom is -0.497 e. The van der Waals surface area contributed by atoms with Crippen LogP contribution in [0.5, 0.6) is 5.75 Å². The van der Waals surface area contributed by atoms with Gasteiger partial charge in [0.2, 0.25) is 11.1 Å². The van der Waals surface area contributed by atoms with Crippen molar-refractivity contribution in [2.75, 3.05) is 24.4 Å². The summed E-state index contributed by atoms with van der Waals surface area (Å²) in [6.45, 7) is 3.88. The number of halogens is 1. The number of rotatable bonds is 9. The zero-order valence-corrected chi connectivity index (χ0v) is 24.3. The van der Waals surface area contributed by atoms with Crippen LogP contribution < -0.4 is 15.4 Å². The summed E-state index contributed by atoms with van der Waals surface area (Å²) in [5.41, 5.74) is 4.02. The molecule has 0 saturated heterocycles. The number of allylic oxidation sites excluding steroid dienone is 1. The fraction of sp³-hybridized carbons (Fsp3) is 0.200. The highest BCUT2D eigenvalue weighted by atomic mass is 35.5. The molecule has 2 heterocycles. The molecule has 41 heavy (non-hydrogen) atoms. The molecule has 0 spiro atoms. The van der Waals surface area contributed by atoms with E-state index < -0.39 is 12.0 Å². The number of hydrogen-bond donors (Lipinski definition) is 2. The quantitative estimate of drug-likeness (QED) is 0.172. The van der Waals surface area contributed by atoms with Crippen LogP contribution in [-0.2, 0) is 15.3 Å². The number of esters is 1. The van der Waals surface area contributed by atoms with Crippen LogP contribution in [0.4, 0.5) is 11.6 Å². The fourth-order valence-electron chi connectivity index (χ4n) is 4.41. The van der Waals surface area contributed by atoms with Gasteiger partial charge in [0.25, 0.3) is 5.91 Å². The topological polar surface area (TPSA) is 107 Å². The number of methoxy groups -OCH3 is 1. The van der Waals surface area contributed by atoms with Gasteiger partial charge in [-0.25, -0.2) is 9.48 Å². The van der Waals surface area contributed by atoms with Crippen molar-refractivity contribution in [1.29, 1.82) is 0 Å². The maximum Gasteiger partial charge on any atom is 0.338 e. The number of anilines is 2. The smallest absolute Gasteiger partial charge is 0.338 e. The molecule has 0 fully saturated rings. The predicted molar refractivity (Wildman–Crippen MR) is 160 cm³/mol. The first kappa shape index (κ1) is 28.3. The Morgan fingerprint density at radius 1 is 1.05 bits per heavy atom. The highest BCUT2D eigenvalue weighted by Crippen LogP contribution is 2.37. The normalized spacial score (nSPS) is 14.2. The Morgan fingerprint density at radius 3 is 2.41 bits per heavy atom. The number of hydrogen-bond acceptors (Lipinski definition) is 8. The molecule has 2 N–H and O–H groups in total. The summed E-state index contributed by atoms with van der Waals surface area (Å²) in [6.07, 6.45) is 0. The number of fused-ring (bicyclic) bond motifs is 1. The van der Waals surface area contributed by atoms with Gasteiger partial charge in [0.1, 0.15) is 11.8 Å². The van der Waals surface area contributed by atoms with Crippen LogP contribution in [0.15, 0.2) is 89.2 Å². The molecule has 0 bridgehead atoms. The molecule has 0 aliphatic carbocycles. The molecule has 1 aliphatic rings. The van der Waals surface area contributed by atoms with E-state index in [1.165, 1.54) is 11.8 Å². The van der Waals surface area contributed by atoms with Crippen molar-refractivity contribution in [3.05, 3.63) is 106 Å². The minimum absolute atomic E-state index is 0.288. The third-order valence-electron chi connectivity index (χ3n) is 6.44. The summed E-state index contributed by atoms with van der Waals surface area (Å²) in [5.74, 6) is 1.18. The lowest BCUT2D eigenvalue weighted by molar-refractivity contribution is -0.113. The Labute approximate surface area is 246 Å². The van der Waals surface area contributed by atoms with Gasteiger partial charge in [-0.15, -0.1) is 5.10 Å². The van der Waals surface area contributed by atoms with E-state index in [-0.39, 0.29) is 12.5 Å². The summed E-state index contributed by atoms with van der Waals surface area (Å²) >= 11 is 7.51. The number of thioether (sulfide) groups is 1. The molecule has 1 amide bonds. The van der Waals surface area contributed by atoms with E-state index in [1.807, 2.05) is 55.5 Å². The largest absolute Gasteiger partial charge is 0.497 e. The van der Waals surface area contributed by atoms with Gasteiger partial charge in [0.15, 0.2) is 0 Å². The van der Waals surface area contributed by atoms with E-state index in [0.29, 0.717) is 50.2 Å². The number of aromatic nitrogens is 3. The minimum atomic E-state index is -0.548. The predicted octanol–water partition coefficient (Wildman–Crippen LogP) is 6.34. The number of carbonyl (C=O) groups excluding carboxylic acids is 2. The molecule has 0 saturated carbocycles. The molecule has 9 nitrogen and oxygen atoms in total. The Morgan fingerprint density at radius 2 is 1.76 bits per heavy atom. The van der Waals surface area contributed by atoms with Crippen LogP contribution in [0.2, 0.25) is 5.02 Å². The van der Waals surface area contributed by atoms with E-state index in [2.05, 4.69) is 10.6 Å². The number of nitrogens with one attached hydrogen (secondary N) is 2. The summed E-state index contributed by atoms with van der Waals surface area (Å²) in [6, 6.07) is 21.2. The molecule has 1 atom stereocenters. The van der Waals surface area contributed by atoms with Gasteiger partial charge in [-0.3, -0.25) is 4.79 Å². The molecule has 4 aromatic rings. The Hall–Kier alpha value is -4.28. The van der Waals surface area contributed by atoms with Crippen LogP contribution >= 0.6 is 23.4 Å². The summed E-state index contributed by atoms with van der Waals surface area (Å²) in [5, 5.41) is 12.3. The first-order valence-corrected chi connectivity index (χ1v) is 14.3. The third kappa shape index (κ3) is 6.39. The van der Waals surface area contributed by atoms with E-state index >= 15 is 0 Å². The van der Waals surface area contributed by atoms with Crippen molar-refractivity contribution in [3.63, 3.8) is 0 Å². The van der Waals surface area contributed by atoms with E-state index in [9.17, 15) is 9.59 Å². The highest BCUT2D eigenvalue weighted by Gasteiger charge is 2.34. The second-order valence-corrected chi connectivity index (χ2v) is 10.5. The lowest BCUT2D eigenvalue weighted by atomic mass is 9.95. The molecule has 210 valence electrons. The molecular formula is C30H28ClN5O4S. The fourth-order valence-corrected chi connectivity index (χ4v) is 5.32. The molecule has 3 aromatic carbocycles. The third-order valence-corrected chi connectivity index (χ3v) is 7.61. The van der Waals surface area contributed by atoms with E-state index in [0.717, 1.165) is 11.1 Å². The van der Waals surface area contributed by atoms with Gasteiger partial charge in [0.05, 0.1) is 24.9 Å². The monoisotopic (exact) mass is 589 g/mol. The van der Waals surface area contributed by atoms with Crippen LogP contribution in [0.3, 0.4) is 0 Å². The van der Waals surface area contributed by atoms with Gasteiger partial charge in [-0.2, -0.15) is 4.98 Å². The molecule has 1 aromatic heterocycles. The lowest BCUT2D eigenvalue weighted by Gasteiger charge is -2.28. The Bertz CT molecular complexity index is 1580. The lowest BCUT2D eigenvalue weighted by Crippen LogP contribution is -2.31. The van der Waals surface area contributed by atoms with Gasteiger partial charge in [-0.1, -0.05) is 47.6 Å². The molecule has 1 aliphatic heterocycles. The second-order valence-electron chi connectivity index (χ2n) is 9.17. The van der Waals surface area contributed by atoms with Crippen molar-refractivity contribution in [2.45, 2.75) is 30.8 Å². The molecular weight excluding hydrogens is 562 g/mol. The standard InChI is InChI=1S/C30H28ClN5O4S/c1-4-40-28(38)21-7-13-23(14-8-21)33-27(37)25-18(2)32-29-34-30(41-17-19-5-11-22(31)12-6-19)35-36(29)26(25)20-9-15-24(39-3)16-10-20/h5-16,26H,4,17H2,1-3H3,(H,33,37)(H,32,34,35)/t26-/m0/s1. The Balaban J connectivity index is 1.43. The molecule has 0 unspecified atom stereocenters. The SMILES string of the molecule is CCOC(=O)c1ccc(NC(=O)C2=C(C)Nc3nc(SCc4ccc(Cl)cc4)nn3[C@H]2c2ccc(OC)cc2)cc1. The number of ether oxygens (including phenoxy) is 2.